The maximum absolute atomic E-state index is 13.6. The van der Waals surface area contributed by atoms with Gasteiger partial charge in [-0.05, 0) is 55.2 Å². The third-order valence-electron chi connectivity index (χ3n) is 5.14. The van der Waals surface area contributed by atoms with Gasteiger partial charge in [0.25, 0.3) is 0 Å². The minimum atomic E-state index is -2.57. The Morgan fingerprint density at radius 1 is 1.30 bits per heavy atom. The third-order valence-corrected chi connectivity index (χ3v) is 5.14. The first-order valence-electron chi connectivity index (χ1n) is 9.00. The number of rotatable bonds is 5. The van der Waals surface area contributed by atoms with Crippen LogP contribution in [0.5, 0.6) is 0 Å². The summed E-state index contributed by atoms with van der Waals surface area (Å²) >= 11 is 0. The van der Waals surface area contributed by atoms with Gasteiger partial charge >= 0.3 is 0 Å². The number of aliphatic hydroxyl groups is 1. The van der Waals surface area contributed by atoms with Gasteiger partial charge in [0.2, 0.25) is 6.43 Å². The average molecular weight is 376 g/mol. The van der Waals surface area contributed by atoms with Crippen molar-refractivity contribution in [1.29, 1.82) is 0 Å². The van der Waals surface area contributed by atoms with Gasteiger partial charge in [0, 0.05) is 37.0 Å². The Balaban J connectivity index is 1.88. The minimum absolute atomic E-state index is 0.120. The normalized spacial score (nSPS) is 18.2. The van der Waals surface area contributed by atoms with Crippen molar-refractivity contribution >= 4 is 17.6 Å². The lowest BCUT2D eigenvalue weighted by Gasteiger charge is -2.34. The Morgan fingerprint density at radius 2 is 2.07 bits per heavy atom. The van der Waals surface area contributed by atoms with Crippen LogP contribution in [0.1, 0.15) is 36.1 Å². The summed E-state index contributed by atoms with van der Waals surface area (Å²) in [6.07, 6.45) is -1.20. The number of aliphatic hydroxyl groups excluding tert-OH is 1. The lowest BCUT2D eigenvalue weighted by atomic mass is 9.95. The summed E-state index contributed by atoms with van der Waals surface area (Å²) in [6, 6.07) is 9.72. The van der Waals surface area contributed by atoms with Crippen LogP contribution >= 0.6 is 0 Å². The first kappa shape index (κ1) is 19.4. The number of hydrogen-bond acceptors (Lipinski definition) is 3. The Morgan fingerprint density at radius 3 is 2.81 bits per heavy atom. The van der Waals surface area contributed by atoms with Crippen LogP contribution in [-0.2, 0) is 12.8 Å². The van der Waals surface area contributed by atoms with E-state index in [-0.39, 0.29) is 11.1 Å². The predicted molar refractivity (Wildman–Crippen MR) is 102 cm³/mol. The van der Waals surface area contributed by atoms with Crippen LogP contribution in [0.25, 0.3) is 0 Å². The quantitative estimate of drug-likeness (QED) is 0.758. The van der Waals surface area contributed by atoms with Gasteiger partial charge in [0.05, 0.1) is 5.69 Å². The van der Waals surface area contributed by atoms with Gasteiger partial charge in [-0.2, -0.15) is 0 Å². The van der Waals surface area contributed by atoms with E-state index < -0.39 is 24.8 Å². The highest BCUT2D eigenvalue weighted by Crippen LogP contribution is 2.36. The molecule has 0 fully saturated rings. The molecule has 0 saturated heterocycles. The fourth-order valence-electron chi connectivity index (χ4n) is 3.48. The molecule has 0 bridgehead atoms. The molecule has 1 aliphatic rings. The molecule has 1 unspecified atom stereocenters. The minimum Gasteiger partial charge on any atom is -0.383 e. The average Bonchev–Trinajstić information content (AvgIpc) is 2.64. The molecule has 0 aliphatic carbocycles. The molecule has 3 nitrogen and oxygen atoms in total. The molecule has 3 rings (SSSR count). The fourth-order valence-corrected chi connectivity index (χ4v) is 3.48. The summed E-state index contributed by atoms with van der Waals surface area (Å²) in [4.78, 5) is 6.59. The number of alkyl halides is 2. The molecule has 144 valence electrons. The Labute approximate surface area is 157 Å². The van der Waals surface area contributed by atoms with E-state index in [0.717, 1.165) is 41.9 Å². The van der Waals surface area contributed by atoms with Gasteiger partial charge in [-0.1, -0.05) is 12.1 Å². The molecular formula is C21H23F3N2O. The standard InChI is InChI=1S/C21H23F3N2O/c1-13-6-9-16-18(4-3-5-19(16)26(13)2)25-12-20(27)17-11-15(22)8-7-14(17)10-21(23)24/h3-5,7-8,11-13,20-21,27H,6,9-10H2,1-2H3/b25-12+/t13-,20?/m0/s1. The van der Waals surface area contributed by atoms with Crippen LogP contribution in [0, 0.1) is 5.82 Å². The van der Waals surface area contributed by atoms with E-state index in [1.807, 2.05) is 25.2 Å². The molecule has 2 aromatic rings. The molecule has 0 saturated carbocycles. The van der Waals surface area contributed by atoms with Crippen molar-refractivity contribution in [3.05, 3.63) is 58.9 Å². The summed E-state index contributed by atoms with van der Waals surface area (Å²) in [5, 5.41) is 10.4. The highest BCUT2D eigenvalue weighted by Gasteiger charge is 2.22. The summed E-state index contributed by atoms with van der Waals surface area (Å²) in [5.41, 5.74) is 3.26. The molecular weight excluding hydrogens is 353 g/mol. The monoisotopic (exact) mass is 376 g/mol. The van der Waals surface area contributed by atoms with E-state index in [1.165, 1.54) is 12.3 Å². The van der Waals surface area contributed by atoms with E-state index >= 15 is 0 Å². The van der Waals surface area contributed by atoms with Crippen LogP contribution in [0.4, 0.5) is 24.5 Å². The van der Waals surface area contributed by atoms with Crippen molar-refractivity contribution in [3.63, 3.8) is 0 Å². The molecule has 0 radical (unpaired) electrons. The Kier molecular flexibility index (Phi) is 5.85. The van der Waals surface area contributed by atoms with Crippen LogP contribution in [0.2, 0.25) is 0 Å². The molecule has 0 aromatic heterocycles. The first-order chi connectivity index (χ1) is 12.9. The molecule has 1 aliphatic heterocycles. The van der Waals surface area contributed by atoms with E-state index in [0.29, 0.717) is 6.04 Å². The van der Waals surface area contributed by atoms with E-state index in [2.05, 4.69) is 16.8 Å². The van der Waals surface area contributed by atoms with Crippen molar-refractivity contribution in [2.24, 2.45) is 4.99 Å². The van der Waals surface area contributed by atoms with Gasteiger partial charge in [-0.25, -0.2) is 13.2 Å². The van der Waals surface area contributed by atoms with Crippen LogP contribution in [-0.4, -0.2) is 30.8 Å². The number of nitrogens with zero attached hydrogens (tertiary/aromatic N) is 2. The summed E-state index contributed by atoms with van der Waals surface area (Å²) in [5.74, 6) is -0.580. The number of fused-ring (bicyclic) bond motifs is 1. The molecule has 1 N–H and O–H groups in total. The summed E-state index contributed by atoms with van der Waals surface area (Å²) in [6.45, 7) is 2.16. The number of hydrogen-bond donors (Lipinski definition) is 1. The van der Waals surface area contributed by atoms with Gasteiger partial charge in [-0.15, -0.1) is 0 Å². The molecule has 1 heterocycles. The molecule has 0 spiro atoms. The third kappa shape index (κ3) is 4.33. The Bertz CT molecular complexity index is 838. The van der Waals surface area contributed by atoms with Crippen molar-refractivity contribution < 1.29 is 18.3 Å². The topological polar surface area (TPSA) is 35.8 Å². The zero-order valence-electron chi connectivity index (χ0n) is 15.4. The number of benzene rings is 2. The second-order valence-electron chi connectivity index (χ2n) is 6.93. The zero-order chi connectivity index (χ0) is 19.6. The number of halogens is 3. The maximum atomic E-state index is 13.6. The largest absolute Gasteiger partial charge is 0.383 e. The first-order valence-corrected chi connectivity index (χ1v) is 9.00. The summed E-state index contributed by atoms with van der Waals surface area (Å²) < 4.78 is 39.1. The van der Waals surface area contributed by atoms with Crippen molar-refractivity contribution in [2.45, 2.75) is 44.8 Å². The van der Waals surface area contributed by atoms with Gasteiger partial charge < -0.3 is 10.0 Å². The van der Waals surface area contributed by atoms with Crippen LogP contribution in [0.3, 0.4) is 0 Å². The fraction of sp³-hybridized carbons (Fsp3) is 0.381. The van der Waals surface area contributed by atoms with E-state index in [1.54, 1.807) is 0 Å². The van der Waals surface area contributed by atoms with E-state index in [9.17, 15) is 18.3 Å². The van der Waals surface area contributed by atoms with Crippen molar-refractivity contribution in [1.82, 2.24) is 0 Å². The highest BCUT2D eigenvalue weighted by molar-refractivity contribution is 5.74. The smallest absolute Gasteiger partial charge is 0.242 e. The highest BCUT2D eigenvalue weighted by atomic mass is 19.3. The second kappa shape index (κ2) is 8.13. The molecule has 6 heteroatoms. The number of aliphatic imine (C=N–C) groups is 1. The van der Waals surface area contributed by atoms with Gasteiger partial charge in [-0.3, -0.25) is 4.99 Å². The molecule has 0 amide bonds. The molecule has 2 atom stereocenters. The van der Waals surface area contributed by atoms with Crippen LogP contribution < -0.4 is 4.90 Å². The zero-order valence-corrected chi connectivity index (χ0v) is 15.4. The lowest BCUT2D eigenvalue weighted by Crippen LogP contribution is -2.33. The van der Waals surface area contributed by atoms with Crippen molar-refractivity contribution in [3.8, 4) is 0 Å². The van der Waals surface area contributed by atoms with Crippen molar-refractivity contribution in [2.75, 3.05) is 11.9 Å². The summed E-state index contributed by atoms with van der Waals surface area (Å²) in [7, 11) is 2.04. The molecule has 27 heavy (non-hydrogen) atoms. The Hall–Kier alpha value is -2.34. The number of anilines is 1. The van der Waals surface area contributed by atoms with Crippen LogP contribution in [0.15, 0.2) is 41.4 Å². The lowest BCUT2D eigenvalue weighted by molar-refractivity contribution is 0.147. The predicted octanol–water partition coefficient (Wildman–Crippen LogP) is 4.84. The van der Waals surface area contributed by atoms with Gasteiger partial charge in [0.15, 0.2) is 0 Å². The van der Waals surface area contributed by atoms with E-state index in [4.69, 9.17) is 0 Å². The maximum Gasteiger partial charge on any atom is 0.242 e. The molecule has 2 aromatic carbocycles. The SMILES string of the molecule is C[C@H]1CCc2c(/N=C/C(O)c3cc(F)ccc3CC(F)F)cccc2N1C. The van der Waals surface area contributed by atoms with Gasteiger partial charge in [0.1, 0.15) is 11.9 Å². The second-order valence-corrected chi connectivity index (χ2v) is 6.93.